The summed E-state index contributed by atoms with van der Waals surface area (Å²) in [5, 5.41) is 3.20. The molecule has 0 unspecified atom stereocenters. The Labute approximate surface area is 108 Å². The summed E-state index contributed by atoms with van der Waals surface area (Å²) in [7, 11) is 1.95. The van der Waals surface area contributed by atoms with Crippen LogP contribution in [0.25, 0.3) is 0 Å². The molecule has 0 spiro atoms. The molecule has 0 aromatic heterocycles. The van der Waals surface area contributed by atoms with E-state index in [9.17, 15) is 0 Å². The van der Waals surface area contributed by atoms with Crippen molar-refractivity contribution in [1.82, 2.24) is 0 Å². The minimum absolute atomic E-state index is 0.0358. The van der Waals surface area contributed by atoms with Gasteiger partial charge in [0.05, 0.1) is 18.6 Å². The second-order valence-electron chi connectivity index (χ2n) is 4.77. The molecule has 3 rings (SSSR count). The standard InChI is InChI=1S/C16H17NO/c1-17-15-9-5-8-14(10-15)16(11-18-12-16)13-6-3-2-4-7-13/h2-10,17H,11-12H2,1H3. The van der Waals surface area contributed by atoms with Crippen LogP contribution in [0.2, 0.25) is 0 Å². The Morgan fingerprint density at radius 1 is 0.944 bits per heavy atom. The van der Waals surface area contributed by atoms with Gasteiger partial charge >= 0.3 is 0 Å². The summed E-state index contributed by atoms with van der Waals surface area (Å²) in [6, 6.07) is 19.2. The van der Waals surface area contributed by atoms with Crippen molar-refractivity contribution in [1.29, 1.82) is 0 Å². The van der Waals surface area contributed by atoms with Gasteiger partial charge < -0.3 is 10.1 Å². The van der Waals surface area contributed by atoms with Crippen LogP contribution in [-0.2, 0) is 10.2 Å². The molecule has 1 heterocycles. The van der Waals surface area contributed by atoms with Crippen LogP contribution in [0.3, 0.4) is 0 Å². The molecule has 0 radical (unpaired) electrons. The molecule has 1 fully saturated rings. The Balaban J connectivity index is 2.06. The summed E-state index contributed by atoms with van der Waals surface area (Å²) in [5.74, 6) is 0. The van der Waals surface area contributed by atoms with Gasteiger partial charge in [-0.15, -0.1) is 0 Å². The summed E-state index contributed by atoms with van der Waals surface area (Å²) in [5.41, 5.74) is 3.85. The number of anilines is 1. The summed E-state index contributed by atoms with van der Waals surface area (Å²) >= 11 is 0. The van der Waals surface area contributed by atoms with Gasteiger partial charge in [0.1, 0.15) is 0 Å². The lowest BCUT2D eigenvalue weighted by Crippen LogP contribution is -2.47. The van der Waals surface area contributed by atoms with Gasteiger partial charge in [0, 0.05) is 12.7 Å². The van der Waals surface area contributed by atoms with Crippen LogP contribution in [0.4, 0.5) is 5.69 Å². The van der Waals surface area contributed by atoms with Crippen molar-refractivity contribution in [2.75, 3.05) is 25.6 Å². The van der Waals surface area contributed by atoms with E-state index < -0.39 is 0 Å². The van der Waals surface area contributed by atoms with E-state index >= 15 is 0 Å². The van der Waals surface area contributed by atoms with Crippen LogP contribution in [0, 0.1) is 0 Å². The molecule has 2 nitrogen and oxygen atoms in total. The van der Waals surface area contributed by atoms with E-state index in [0.29, 0.717) is 0 Å². The molecule has 1 aliphatic heterocycles. The van der Waals surface area contributed by atoms with Crippen molar-refractivity contribution in [3.63, 3.8) is 0 Å². The summed E-state index contributed by atoms with van der Waals surface area (Å²) < 4.78 is 5.50. The topological polar surface area (TPSA) is 21.3 Å². The molecular weight excluding hydrogens is 222 g/mol. The Bertz CT molecular complexity index is 532. The first kappa shape index (κ1) is 11.3. The quantitative estimate of drug-likeness (QED) is 0.889. The van der Waals surface area contributed by atoms with E-state index in [0.717, 1.165) is 18.9 Å². The Morgan fingerprint density at radius 2 is 1.67 bits per heavy atom. The molecule has 2 heteroatoms. The average Bonchev–Trinajstić information content (AvgIpc) is 2.39. The molecule has 1 N–H and O–H groups in total. The van der Waals surface area contributed by atoms with Crippen molar-refractivity contribution in [2.45, 2.75) is 5.41 Å². The first-order valence-electron chi connectivity index (χ1n) is 6.27. The number of benzene rings is 2. The minimum Gasteiger partial charge on any atom is -0.388 e. The number of nitrogens with one attached hydrogen (secondary N) is 1. The molecule has 0 saturated carbocycles. The molecule has 1 saturated heterocycles. The smallest absolute Gasteiger partial charge is 0.0670 e. The van der Waals surface area contributed by atoms with Gasteiger partial charge in [0.25, 0.3) is 0 Å². The molecule has 2 aromatic carbocycles. The highest BCUT2D eigenvalue weighted by atomic mass is 16.5. The van der Waals surface area contributed by atoms with E-state index in [4.69, 9.17) is 4.74 Å². The second kappa shape index (κ2) is 4.46. The molecule has 0 bridgehead atoms. The van der Waals surface area contributed by atoms with E-state index in [2.05, 4.69) is 59.9 Å². The fraction of sp³-hybridized carbons (Fsp3) is 0.250. The summed E-state index contributed by atoms with van der Waals surface area (Å²) in [6.45, 7) is 1.54. The van der Waals surface area contributed by atoms with Crippen LogP contribution in [-0.4, -0.2) is 20.3 Å². The lowest BCUT2D eigenvalue weighted by atomic mass is 9.73. The Kier molecular flexibility index (Phi) is 2.80. The summed E-state index contributed by atoms with van der Waals surface area (Å²) in [4.78, 5) is 0. The minimum atomic E-state index is 0.0358. The molecule has 2 aromatic rings. The van der Waals surface area contributed by atoms with Crippen LogP contribution >= 0.6 is 0 Å². The fourth-order valence-electron chi connectivity index (χ4n) is 2.54. The third-order valence-electron chi connectivity index (χ3n) is 3.73. The lowest BCUT2D eigenvalue weighted by Gasteiger charge is -2.42. The number of hydrogen-bond acceptors (Lipinski definition) is 2. The maximum Gasteiger partial charge on any atom is 0.0670 e. The van der Waals surface area contributed by atoms with Gasteiger partial charge in [-0.3, -0.25) is 0 Å². The predicted octanol–water partition coefficient (Wildman–Crippen LogP) is 3.04. The first-order chi connectivity index (χ1) is 8.85. The molecule has 0 amide bonds. The van der Waals surface area contributed by atoms with Crippen molar-refractivity contribution >= 4 is 5.69 Å². The highest BCUT2D eigenvalue weighted by Crippen LogP contribution is 2.39. The molecule has 92 valence electrons. The highest BCUT2D eigenvalue weighted by molar-refractivity contribution is 5.51. The second-order valence-corrected chi connectivity index (χ2v) is 4.77. The largest absolute Gasteiger partial charge is 0.388 e. The fourth-order valence-corrected chi connectivity index (χ4v) is 2.54. The van der Waals surface area contributed by atoms with Gasteiger partial charge in [-0.05, 0) is 23.3 Å². The molecular formula is C16H17NO. The maximum absolute atomic E-state index is 5.50. The first-order valence-corrected chi connectivity index (χ1v) is 6.27. The molecule has 0 aliphatic carbocycles. The van der Waals surface area contributed by atoms with Crippen molar-refractivity contribution in [2.24, 2.45) is 0 Å². The molecule has 0 atom stereocenters. The van der Waals surface area contributed by atoms with Gasteiger partial charge in [-0.25, -0.2) is 0 Å². The Hall–Kier alpha value is -1.80. The van der Waals surface area contributed by atoms with Crippen molar-refractivity contribution in [3.8, 4) is 0 Å². The molecule has 1 aliphatic rings. The average molecular weight is 239 g/mol. The van der Waals surface area contributed by atoms with E-state index in [1.54, 1.807) is 0 Å². The normalized spacial score (nSPS) is 16.9. The van der Waals surface area contributed by atoms with Crippen LogP contribution < -0.4 is 5.32 Å². The zero-order valence-electron chi connectivity index (χ0n) is 10.5. The SMILES string of the molecule is CNc1cccc(C2(c3ccccc3)COC2)c1. The van der Waals surface area contributed by atoms with Crippen LogP contribution in [0.5, 0.6) is 0 Å². The van der Waals surface area contributed by atoms with E-state index in [1.165, 1.54) is 11.1 Å². The Morgan fingerprint density at radius 3 is 2.28 bits per heavy atom. The maximum atomic E-state index is 5.50. The number of ether oxygens (including phenoxy) is 1. The zero-order valence-corrected chi connectivity index (χ0v) is 10.5. The predicted molar refractivity (Wildman–Crippen MR) is 74.0 cm³/mol. The van der Waals surface area contributed by atoms with Gasteiger partial charge in [-0.1, -0.05) is 42.5 Å². The van der Waals surface area contributed by atoms with E-state index in [-0.39, 0.29) is 5.41 Å². The third kappa shape index (κ3) is 1.70. The highest BCUT2D eigenvalue weighted by Gasteiger charge is 2.41. The third-order valence-corrected chi connectivity index (χ3v) is 3.73. The van der Waals surface area contributed by atoms with Gasteiger partial charge in [0.15, 0.2) is 0 Å². The van der Waals surface area contributed by atoms with Crippen LogP contribution in [0.1, 0.15) is 11.1 Å². The lowest BCUT2D eigenvalue weighted by molar-refractivity contribution is -0.0379. The summed E-state index contributed by atoms with van der Waals surface area (Å²) in [6.07, 6.45) is 0. The van der Waals surface area contributed by atoms with Crippen molar-refractivity contribution < 1.29 is 4.74 Å². The number of hydrogen-bond donors (Lipinski definition) is 1. The van der Waals surface area contributed by atoms with Crippen molar-refractivity contribution in [3.05, 3.63) is 65.7 Å². The zero-order chi connectivity index (χ0) is 12.4. The van der Waals surface area contributed by atoms with Gasteiger partial charge in [0.2, 0.25) is 0 Å². The van der Waals surface area contributed by atoms with E-state index in [1.807, 2.05) is 7.05 Å². The number of rotatable bonds is 3. The van der Waals surface area contributed by atoms with Gasteiger partial charge in [-0.2, -0.15) is 0 Å². The molecule has 18 heavy (non-hydrogen) atoms. The van der Waals surface area contributed by atoms with Crippen LogP contribution in [0.15, 0.2) is 54.6 Å². The monoisotopic (exact) mass is 239 g/mol.